The van der Waals surface area contributed by atoms with Crippen LogP contribution in [0, 0.1) is 22.0 Å². The molecule has 0 aliphatic carbocycles. The summed E-state index contributed by atoms with van der Waals surface area (Å²) in [5.41, 5.74) is 0.0643. The minimum atomic E-state index is -0.775. The molecule has 1 fully saturated rings. The van der Waals surface area contributed by atoms with Crippen molar-refractivity contribution >= 4 is 23.2 Å². The summed E-state index contributed by atoms with van der Waals surface area (Å²) >= 11 is 0. The van der Waals surface area contributed by atoms with Crippen LogP contribution in [-0.4, -0.2) is 41.8 Å². The third-order valence-corrected chi connectivity index (χ3v) is 3.99. The molecule has 1 aliphatic rings. The molecular formula is C16H21N3O5. The normalized spacial score (nSPS) is 20.4. The van der Waals surface area contributed by atoms with Crippen molar-refractivity contribution in [1.29, 1.82) is 0 Å². The Morgan fingerprint density at radius 3 is 2.46 bits per heavy atom. The Morgan fingerprint density at radius 1 is 1.29 bits per heavy atom. The van der Waals surface area contributed by atoms with Crippen molar-refractivity contribution in [3.63, 3.8) is 0 Å². The van der Waals surface area contributed by atoms with Crippen LogP contribution >= 0.6 is 0 Å². The summed E-state index contributed by atoms with van der Waals surface area (Å²) in [6.45, 7) is 5.20. The van der Waals surface area contributed by atoms with Crippen molar-refractivity contribution in [2.45, 2.75) is 20.3 Å². The van der Waals surface area contributed by atoms with Crippen LogP contribution in [0.3, 0.4) is 0 Å². The number of hydrogen-bond acceptors (Lipinski definition) is 5. The molecule has 2 atom stereocenters. The summed E-state index contributed by atoms with van der Waals surface area (Å²) in [6.07, 6.45) is 1.03. The van der Waals surface area contributed by atoms with E-state index in [4.69, 9.17) is 4.74 Å². The summed E-state index contributed by atoms with van der Waals surface area (Å²) in [7, 11) is 1.34. The standard InChI is InChI=1S/C16H21N3O5/c1-10-6-11(2)9-18(8-10)16(21)15(20)17-13-5-4-12(19(22)23)7-14(13)24-3/h4-5,7,10-11H,6,8-9H2,1-3H3,(H,17,20). The van der Waals surface area contributed by atoms with E-state index in [0.717, 1.165) is 6.42 Å². The SMILES string of the molecule is COc1cc([N+](=O)[O-])ccc1NC(=O)C(=O)N1CC(C)CC(C)C1. The van der Waals surface area contributed by atoms with E-state index in [1.165, 1.54) is 25.3 Å². The van der Waals surface area contributed by atoms with E-state index >= 15 is 0 Å². The van der Waals surface area contributed by atoms with E-state index in [-0.39, 0.29) is 17.1 Å². The number of nitrogens with zero attached hydrogens (tertiary/aromatic N) is 2. The molecule has 0 spiro atoms. The summed E-state index contributed by atoms with van der Waals surface area (Å²) in [4.78, 5) is 36.3. The van der Waals surface area contributed by atoms with Crippen LogP contribution in [0.1, 0.15) is 20.3 Å². The number of rotatable bonds is 3. The Labute approximate surface area is 139 Å². The van der Waals surface area contributed by atoms with Crippen LogP contribution in [0.4, 0.5) is 11.4 Å². The third-order valence-electron chi connectivity index (χ3n) is 3.99. The molecule has 1 heterocycles. The van der Waals surface area contributed by atoms with Gasteiger partial charge in [0, 0.05) is 19.2 Å². The van der Waals surface area contributed by atoms with Crippen molar-refractivity contribution in [3.05, 3.63) is 28.3 Å². The van der Waals surface area contributed by atoms with E-state index in [0.29, 0.717) is 24.9 Å². The van der Waals surface area contributed by atoms with Crippen molar-refractivity contribution in [3.8, 4) is 5.75 Å². The van der Waals surface area contributed by atoms with Crippen molar-refractivity contribution in [1.82, 2.24) is 4.90 Å². The first-order valence-corrected chi connectivity index (χ1v) is 7.74. The molecule has 0 radical (unpaired) electrons. The molecule has 1 aliphatic heterocycles. The minimum Gasteiger partial charge on any atom is -0.494 e. The first-order chi connectivity index (χ1) is 11.3. The fourth-order valence-electron chi connectivity index (χ4n) is 3.04. The highest BCUT2D eigenvalue weighted by molar-refractivity contribution is 6.39. The topological polar surface area (TPSA) is 102 Å². The molecule has 0 saturated carbocycles. The zero-order chi connectivity index (χ0) is 17.9. The van der Waals surface area contributed by atoms with Gasteiger partial charge in [0.05, 0.1) is 23.8 Å². The number of nitro benzene ring substituents is 1. The number of non-ortho nitro benzene ring substituents is 1. The van der Waals surface area contributed by atoms with Crippen LogP contribution in [0.25, 0.3) is 0 Å². The molecule has 1 aromatic carbocycles. The van der Waals surface area contributed by atoms with Gasteiger partial charge in [0.25, 0.3) is 5.69 Å². The van der Waals surface area contributed by atoms with E-state index < -0.39 is 16.7 Å². The Bertz CT molecular complexity index is 651. The maximum atomic E-state index is 12.3. The van der Waals surface area contributed by atoms with Gasteiger partial charge in [0.2, 0.25) is 0 Å². The number of methoxy groups -OCH3 is 1. The second kappa shape index (κ2) is 7.29. The number of carbonyl (C=O) groups excluding carboxylic acids is 2. The average Bonchev–Trinajstić information content (AvgIpc) is 2.53. The lowest BCUT2D eigenvalue weighted by Gasteiger charge is -2.34. The molecule has 0 bridgehead atoms. The Kier molecular flexibility index (Phi) is 5.38. The quantitative estimate of drug-likeness (QED) is 0.517. The maximum Gasteiger partial charge on any atom is 0.314 e. The number of benzene rings is 1. The van der Waals surface area contributed by atoms with Crippen LogP contribution in [-0.2, 0) is 9.59 Å². The Morgan fingerprint density at radius 2 is 1.92 bits per heavy atom. The molecule has 8 heteroatoms. The monoisotopic (exact) mass is 335 g/mol. The lowest BCUT2D eigenvalue weighted by atomic mass is 9.92. The molecule has 2 amide bonds. The highest BCUT2D eigenvalue weighted by atomic mass is 16.6. The number of amides is 2. The second-order valence-electron chi connectivity index (χ2n) is 6.25. The Hall–Kier alpha value is -2.64. The summed E-state index contributed by atoms with van der Waals surface area (Å²) < 4.78 is 5.05. The molecule has 2 rings (SSSR count). The van der Waals surface area contributed by atoms with Crippen LogP contribution < -0.4 is 10.1 Å². The summed E-state index contributed by atoms with van der Waals surface area (Å²) in [6, 6.07) is 3.79. The number of nitrogens with one attached hydrogen (secondary N) is 1. The van der Waals surface area contributed by atoms with Crippen LogP contribution in [0.5, 0.6) is 5.75 Å². The lowest BCUT2D eigenvalue weighted by molar-refractivity contribution is -0.384. The molecular weight excluding hydrogens is 314 g/mol. The molecule has 1 saturated heterocycles. The molecule has 0 aromatic heterocycles. The van der Waals surface area contributed by atoms with E-state index in [1.807, 2.05) is 13.8 Å². The smallest absolute Gasteiger partial charge is 0.314 e. The maximum absolute atomic E-state index is 12.3. The summed E-state index contributed by atoms with van der Waals surface area (Å²) in [5.74, 6) is -0.554. The van der Waals surface area contributed by atoms with Gasteiger partial charge in [0.1, 0.15) is 5.75 Å². The van der Waals surface area contributed by atoms with E-state index in [1.54, 1.807) is 4.90 Å². The highest BCUT2D eigenvalue weighted by Crippen LogP contribution is 2.29. The summed E-state index contributed by atoms with van der Waals surface area (Å²) in [5, 5.41) is 13.3. The van der Waals surface area contributed by atoms with Crippen molar-refractivity contribution < 1.29 is 19.2 Å². The molecule has 1 aromatic rings. The third kappa shape index (κ3) is 4.01. The highest BCUT2D eigenvalue weighted by Gasteiger charge is 2.29. The van der Waals surface area contributed by atoms with Crippen LogP contribution in [0.2, 0.25) is 0 Å². The number of anilines is 1. The van der Waals surface area contributed by atoms with E-state index in [2.05, 4.69) is 5.32 Å². The Balaban J connectivity index is 2.11. The van der Waals surface area contributed by atoms with Crippen molar-refractivity contribution in [2.75, 3.05) is 25.5 Å². The fraction of sp³-hybridized carbons (Fsp3) is 0.500. The van der Waals surface area contributed by atoms with Gasteiger partial charge in [0.15, 0.2) is 0 Å². The number of nitro groups is 1. The zero-order valence-corrected chi connectivity index (χ0v) is 13.9. The van der Waals surface area contributed by atoms with Gasteiger partial charge in [-0.05, 0) is 24.3 Å². The largest absolute Gasteiger partial charge is 0.494 e. The number of hydrogen-bond donors (Lipinski definition) is 1. The van der Waals surface area contributed by atoms with Gasteiger partial charge in [-0.1, -0.05) is 13.8 Å². The number of carbonyl (C=O) groups is 2. The molecule has 2 unspecified atom stereocenters. The second-order valence-corrected chi connectivity index (χ2v) is 6.25. The van der Waals surface area contributed by atoms with Gasteiger partial charge < -0.3 is 15.0 Å². The average molecular weight is 335 g/mol. The van der Waals surface area contributed by atoms with Gasteiger partial charge in [-0.15, -0.1) is 0 Å². The number of piperidine rings is 1. The number of likely N-dealkylation sites (tertiary alicyclic amines) is 1. The number of ether oxygens (including phenoxy) is 1. The predicted molar refractivity (Wildman–Crippen MR) is 87.8 cm³/mol. The van der Waals surface area contributed by atoms with Crippen LogP contribution in [0.15, 0.2) is 18.2 Å². The van der Waals surface area contributed by atoms with Gasteiger partial charge in [-0.3, -0.25) is 19.7 Å². The van der Waals surface area contributed by atoms with Gasteiger partial charge in [-0.25, -0.2) is 0 Å². The first-order valence-electron chi connectivity index (χ1n) is 7.74. The minimum absolute atomic E-state index is 0.130. The van der Waals surface area contributed by atoms with E-state index in [9.17, 15) is 19.7 Å². The lowest BCUT2D eigenvalue weighted by Crippen LogP contribution is -2.47. The van der Waals surface area contributed by atoms with Crippen molar-refractivity contribution in [2.24, 2.45) is 11.8 Å². The molecule has 1 N–H and O–H groups in total. The molecule has 130 valence electrons. The fourth-order valence-corrected chi connectivity index (χ4v) is 3.04. The molecule has 8 nitrogen and oxygen atoms in total. The van der Waals surface area contributed by atoms with Gasteiger partial charge >= 0.3 is 11.8 Å². The predicted octanol–water partition coefficient (Wildman–Crippen LogP) is 2.05. The van der Waals surface area contributed by atoms with Gasteiger partial charge in [-0.2, -0.15) is 0 Å². The zero-order valence-electron chi connectivity index (χ0n) is 13.9. The molecule has 24 heavy (non-hydrogen) atoms. The first kappa shape index (κ1) is 17.7.